The van der Waals surface area contributed by atoms with Gasteiger partial charge in [0.1, 0.15) is 12.4 Å². The largest absolute Gasteiger partial charge is 0.476 e. The van der Waals surface area contributed by atoms with E-state index in [9.17, 15) is 32.3 Å². The van der Waals surface area contributed by atoms with Crippen LogP contribution in [-0.2, 0) is 31.9 Å². The van der Waals surface area contributed by atoms with Crippen LogP contribution in [0, 0.1) is 5.41 Å². The van der Waals surface area contributed by atoms with E-state index in [1.807, 2.05) is 13.0 Å². The average molecular weight is 705 g/mol. The Morgan fingerprint density at radius 1 is 1.08 bits per heavy atom. The Morgan fingerprint density at radius 3 is 2.34 bits per heavy atom. The fraction of sp³-hybridized carbons (Fsp3) is 0.556. The van der Waals surface area contributed by atoms with Crippen LogP contribution in [-0.4, -0.2) is 77.2 Å². The van der Waals surface area contributed by atoms with Crippen molar-refractivity contribution in [2.24, 2.45) is 5.41 Å². The molecule has 1 saturated heterocycles. The van der Waals surface area contributed by atoms with E-state index in [0.29, 0.717) is 12.8 Å². The van der Waals surface area contributed by atoms with E-state index in [1.165, 1.54) is 28.7 Å². The van der Waals surface area contributed by atoms with Gasteiger partial charge in [-0.1, -0.05) is 30.3 Å². The number of amides is 3. The number of nitrogens with zero attached hydrogens (tertiary/aromatic N) is 3. The molecule has 50 heavy (non-hydrogen) atoms. The van der Waals surface area contributed by atoms with Crippen molar-refractivity contribution >= 4 is 29.6 Å². The number of benzene rings is 2. The van der Waals surface area contributed by atoms with Crippen LogP contribution in [0.15, 0.2) is 42.5 Å². The molecule has 2 aromatic carbocycles. The molecule has 0 spiro atoms. The minimum atomic E-state index is -4.94. The maximum absolute atomic E-state index is 14.7. The summed E-state index contributed by atoms with van der Waals surface area (Å²) in [6.45, 7) is 13.2. The van der Waals surface area contributed by atoms with Crippen LogP contribution < -0.4 is 15.0 Å². The first kappa shape index (κ1) is 38.5. The monoisotopic (exact) mass is 704 g/mol. The summed E-state index contributed by atoms with van der Waals surface area (Å²) in [4.78, 5) is 61.2. The molecule has 2 heterocycles. The quantitative estimate of drug-likeness (QED) is 0.321. The van der Waals surface area contributed by atoms with Crippen LogP contribution in [0.4, 0.5) is 23.7 Å². The van der Waals surface area contributed by atoms with Crippen LogP contribution in [0.2, 0.25) is 0 Å². The zero-order valence-electron chi connectivity index (χ0n) is 29.8. The predicted octanol–water partition coefficient (Wildman–Crippen LogP) is 6.34. The minimum Gasteiger partial charge on any atom is -0.476 e. The number of carbonyl (C=O) groups excluding carboxylic acids is 4. The maximum atomic E-state index is 14.7. The topological polar surface area (TPSA) is 118 Å². The van der Waals surface area contributed by atoms with E-state index in [1.54, 1.807) is 58.9 Å². The van der Waals surface area contributed by atoms with Gasteiger partial charge in [0.25, 0.3) is 11.8 Å². The number of carbonyl (C=O) groups is 4. The Bertz CT molecular complexity index is 1570. The molecule has 2 aliphatic heterocycles. The molecule has 0 radical (unpaired) electrons. The molecule has 0 aliphatic carbocycles. The predicted molar refractivity (Wildman–Crippen MR) is 179 cm³/mol. The number of nitrogens with one attached hydrogen (secondary N) is 1. The molecule has 0 aromatic heterocycles. The Morgan fingerprint density at radius 2 is 1.74 bits per heavy atom. The van der Waals surface area contributed by atoms with E-state index in [4.69, 9.17) is 14.3 Å². The molecule has 0 saturated carbocycles. The van der Waals surface area contributed by atoms with Crippen molar-refractivity contribution in [2.75, 3.05) is 24.5 Å². The molecule has 274 valence electrons. The molecule has 14 heteroatoms. The second kappa shape index (κ2) is 14.9. The van der Waals surface area contributed by atoms with Crippen molar-refractivity contribution in [3.05, 3.63) is 59.2 Å². The highest BCUT2D eigenvalue weighted by molar-refractivity contribution is 6.05. The van der Waals surface area contributed by atoms with E-state index >= 15 is 0 Å². The van der Waals surface area contributed by atoms with Gasteiger partial charge in [0.2, 0.25) is 0 Å². The molecule has 2 unspecified atom stereocenters. The zero-order valence-corrected chi connectivity index (χ0v) is 29.8. The highest BCUT2D eigenvalue weighted by atomic mass is 19.4. The Kier molecular flexibility index (Phi) is 11.4. The molecule has 0 bridgehead atoms. The zero-order chi connectivity index (χ0) is 37.2. The first-order chi connectivity index (χ1) is 23.2. The molecule has 4 rings (SSSR count). The molecule has 2 aromatic rings. The third kappa shape index (κ3) is 8.87. The van der Waals surface area contributed by atoms with Crippen LogP contribution in [0.3, 0.4) is 0 Å². The summed E-state index contributed by atoms with van der Waals surface area (Å²) in [5, 5.41) is 4.06. The number of hydroxylamine groups is 2. The second-order valence-corrected chi connectivity index (χ2v) is 14.5. The van der Waals surface area contributed by atoms with Crippen LogP contribution in [0.25, 0.3) is 0 Å². The summed E-state index contributed by atoms with van der Waals surface area (Å²) in [5.41, 5.74) is -3.45. The maximum Gasteiger partial charge on any atom is 0.417 e. The first-order valence-electron chi connectivity index (χ1n) is 16.7. The number of alkyl halides is 3. The number of hydrogen-bond donors (Lipinski definition) is 1. The molecular weight excluding hydrogens is 657 g/mol. The molecular formula is C36H47F3N4O7. The van der Waals surface area contributed by atoms with Crippen molar-refractivity contribution in [3.63, 3.8) is 0 Å². The van der Waals surface area contributed by atoms with Gasteiger partial charge in [0, 0.05) is 31.2 Å². The van der Waals surface area contributed by atoms with Crippen molar-refractivity contribution < 1.29 is 46.7 Å². The Hall–Kier alpha value is -4.33. The van der Waals surface area contributed by atoms with Gasteiger partial charge in [-0.15, -0.1) is 5.06 Å². The smallest absolute Gasteiger partial charge is 0.417 e. The minimum absolute atomic E-state index is 0.0216. The molecule has 3 amide bonds. The summed E-state index contributed by atoms with van der Waals surface area (Å²) in [6, 6.07) is 9.54. The fourth-order valence-electron chi connectivity index (χ4n) is 5.91. The molecule has 2 atom stereocenters. The highest BCUT2D eigenvalue weighted by Crippen LogP contribution is 2.44. The number of alkyl carbamates (subject to hydrolysis) is 1. The third-order valence-electron chi connectivity index (χ3n) is 8.67. The summed E-state index contributed by atoms with van der Waals surface area (Å²) < 4.78 is 55.0. The lowest BCUT2D eigenvalue weighted by Gasteiger charge is -2.44. The lowest BCUT2D eigenvalue weighted by Crippen LogP contribution is -2.56. The molecule has 2 aliphatic rings. The van der Waals surface area contributed by atoms with Gasteiger partial charge in [-0.25, -0.2) is 9.59 Å². The number of hydrogen-bond acceptors (Lipinski definition) is 8. The molecule has 1 N–H and O–H groups in total. The lowest BCUT2D eigenvalue weighted by molar-refractivity contribution is -0.220. The van der Waals surface area contributed by atoms with Gasteiger partial charge in [-0.05, 0) is 85.9 Å². The lowest BCUT2D eigenvalue weighted by atomic mass is 9.95. The second-order valence-electron chi connectivity index (χ2n) is 14.5. The van der Waals surface area contributed by atoms with Gasteiger partial charge in [0.15, 0.2) is 5.60 Å². The summed E-state index contributed by atoms with van der Waals surface area (Å²) >= 11 is 0. The van der Waals surface area contributed by atoms with Gasteiger partial charge in [0.05, 0.1) is 28.8 Å². The first-order valence-corrected chi connectivity index (χ1v) is 16.7. The molecule has 11 nitrogen and oxygen atoms in total. The van der Waals surface area contributed by atoms with Crippen molar-refractivity contribution in [1.29, 1.82) is 0 Å². The van der Waals surface area contributed by atoms with Crippen LogP contribution in [0.1, 0.15) is 89.7 Å². The van der Waals surface area contributed by atoms with Crippen LogP contribution >= 0.6 is 0 Å². The number of rotatable bonds is 9. The SMILES string of the molecule is CC1CCC(N(C(=O)c2cc3c(cc2C(F)(F)F)OC(C)(C)C(=O)N3CCNC(=O)OCc2ccccc2)C(C)C)CN1OC(=O)C(C)(C)C. The van der Waals surface area contributed by atoms with E-state index in [0.717, 1.165) is 17.7 Å². The highest BCUT2D eigenvalue weighted by Gasteiger charge is 2.46. The standard InChI is InChI=1S/C36H47F3N4O7/c1-22(2)43(25-15-14-23(3)42(20-25)50-32(46)34(4,5)6)30(44)26-18-28-29(19-27(26)36(37,38)39)49-35(7,8)31(45)41(28)17-16-40-33(47)48-21-24-12-10-9-11-13-24/h9-13,18-19,22-23,25H,14-17,20-21H2,1-8H3,(H,40,47). The van der Waals surface area contributed by atoms with Crippen LogP contribution in [0.5, 0.6) is 5.75 Å². The van der Waals surface area contributed by atoms with E-state index in [-0.39, 0.29) is 43.7 Å². The van der Waals surface area contributed by atoms with Gasteiger partial charge < -0.3 is 29.4 Å². The van der Waals surface area contributed by atoms with Gasteiger partial charge >= 0.3 is 18.2 Å². The summed E-state index contributed by atoms with van der Waals surface area (Å²) in [7, 11) is 0. The number of piperidine rings is 1. The van der Waals surface area contributed by atoms with Crippen molar-refractivity contribution in [3.8, 4) is 5.75 Å². The number of fused-ring (bicyclic) bond motifs is 1. The number of ether oxygens (including phenoxy) is 2. The molecule has 1 fully saturated rings. The van der Waals surface area contributed by atoms with Gasteiger partial charge in [-0.2, -0.15) is 13.2 Å². The summed E-state index contributed by atoms with van der Waals surface area (Å²) in [6.07, 6.45) is -4.69. The summed E-state index contributed by atoms with van der Waals surface area (Å²) in [5.74, 6) is -2.15. The van der Waals surface area contributed by atoms with Gasteiger partial charge in [-0.3, -0.25) is 9.59 Å². The number of anilines is 1. The fourth-order valence-corrected chi connectivity index (χ4v) is 5.91. The van der Waals surface area contributed by atoms with Crippen molar-refractivity contribution in [1.82, 2.24) is 15.3 Å². The normalized spacial score (nSPS) is 19.4. The Labute approximate surface area is 291 Å². The number of halogens is 3. The van der Waals surface area contributed by atoms with Crippen molar-refractivity contribution in [2.45, 2.75) is 105 Å². The third-order valence-corrected chi connectivity index (χ3v) is 8.67. The average Bonchev–Trinajstić information content (AvgIpc) is 3.02. The Balaban J connectivity index is 1.63. The van der Waals surface area contributed by atoms with E-state index < -0.39 is 64.3 Å². The van der Waals surface area contributed by atoms with E-state index in [2.05, 4.69) is 5.32 Å².